The Morgan fingerprint density at radius 3 is 2.91 bits per heavy atom. The van der Waals surface area contributed by atoms with Crippen molar-refractivity contribution in [1.82, 2.24) is 9.88 Å². The van der Waals surface area contributed by atoms with E-state index in [1.54, 1.807) is 29.2 Å². The summed E-state index contributed by atoms with van der Waals surface area (Å²) < 4.78 is 5.74. The molecule has 1 amide bonds. The van der Waals surface area contributed by atoms with Crippen molar-refractivity contribution in [2.75, 3.05) is 6.54 Å². The van der Waals surface area contributed by atoms with Crippen molar-refractivity contribution in [2.45, 2.75) is 32.7 Å². The van der Waals surface area contributed by atoms with Crippen LogP contribution in [0.3, 0.4) is 0 Å². The van der Waals surface area contributed by atoms with Crippen LogP contribution in [0.5, 0.6) is 0 Å². The quantitative estimate of drug-likeness (QED) is 0.854. The second-order valence-corrected chi connectivity index (χ2v) is 5.71. The molecule has 0 atom stereocenters. The zero-order valence-electron chi connectivity index (χ0n) is 12.7. The molecule has 0 spiro atoms. The Bertz CT molecular complexity index is 756. The molecule has 1 aliphatic heterocycles. The summed E-state index contributed by atoms with van der Waals surface area (Å²) in [6, 6.07) is 8.96. The Balaban J connectivity index is 1.85. The van der Waals surface area contributed by atoms with Crippen LogP contribution in [0.4, 0.5) is 0 Å². The van der Waals surface area contributed by atoms with Gasteiger partial charge < -0.3 is 9.32 Å². The van der Waals surface area contributed by atoms with E-state index in [2.05, 4.69) is 11.1 Å². The van der Waals surface area contributed by atoms with Gasteiger partial charge in [0.15, 0.2) is 5.89 Å². The van der Waals surface area contributed by atoms with Gasteiger partial charge in [-0.25, -0.2) is 4.98 Å². The van der Waals surface area contributed by atoms with Gasteiger partial charge in [0, 0.05) is 18.9 Å². The first-order valence-corrected chi connectivity index (χ1v) is 7.37. The number of amides is 1. The first kappa shape index (κ1) is 14.3. The van der Waals surface area contributed by atoms with Crippen LogP contribution in [-0.2, 0) is 13.0 Å². The average Bonchev–Trinajstić information content (AvgIpc) is 2.97. The summed E-state index contributed by atoms with van der Waals surface area (Å²) >= 11 is 0. The lowest BCUT2D eigenvalue weighted by atomic mass is 10.1. The molecule has 0 N–H and O–H groups in total. The molecule has 0 bridgehead atoms. The molecular formula is C17H17N3O2. The molecule has 1 aliphatic rings. The minimum absolute atomic E-state index is 0.128. The zero-order chi connectivity index (χ0) is 15.7. The molecule has 0 fully saturated rings. The van der Waals surface area contributed by atoms with Gasteiger partial charge in [-0.2, -0.15) is 5.26 Å². The van der Waals surface area contributed by atoms with Crippen LogP contribution in [0.1, 0.15) is 53.0 Å². The standard InChI is InChI=1S/C17H17N3O2/c1-11(2)16-19-14-10-20(8-7-15(14)22-16)17(21)13-6-4-3-5-12(13)9-18/h3-6,11H,7-8,10H2,1-2H3. The van der Waals surface area contributed by atoms with Crippen molar-refractivity contribution < 1.29 is 9.21 Å². The fourth-order valence-corrected chi connectivity index (χ4v) is 2.58. The van der Waals surface area contributed by atoms with Gasteiger partial charge in [-0.1, -0.05) is 26.0 Å². The summed E-state index contributed by atoms with van der Waals surface area (Å²) in [5.41, 5.74) is 1.68. The van der Waals surface area contributed by atoms with E-state index in [0.717, 1.165) is 17.3 Å². The minimum atomic E-state index is -0.128. The second kappa shape index (κ2) is 5.64. The molecule has 0 saturated carbocycles. The van der Waals surface area contributed by atoms with Gasteiger partial charge in [0.1, 0.15) is 11.5 Å². The summed E-state index contributed by atoms with van der Waals surface area (Å²) in [5.74, 6) is 1.70. The predicted octanol–water partition coefficient (Wildman–Crippen LogP) is 2.87. The largest absolute Gasteiger partial charge is 0.445 e. The number of benzene rings is 1. The van der Waals surface area contributed by atoms with Crippen LogP contribution in [0.25, 0.3) is 0 Å². The van der Waals surface area contributed by atoms with Crippen LogP contribution in [0.15, 0.2) is 28.7 Å². The van der Waals surface area contributed by atoms with Crippen molar-refractivity contribution >= 4 is 5.91 Å². The summed E-state index contributed by atoms with van der Waals surface area (Å²) in [4.78, 5) is 18.9. The normalized spacial score (nSPS) is 13.8. The average molecular weight is 295 g/mol. The number of hydrogen-bond donors (Lipinski definition) is 0. The van der Waals surface area contributed by atoms with E-state index in [9.17, 15) is 4.79 Å². The molecule has 0 saturated heterocycles. The number of hydrogen-bond acceptors (Lipinski definition) is 4. The molecule has 0 radical (unpaired) electrons. The zero-order valence-corrected chi connectivity index (χ0v) is 12.7. The number of carbonyl (C=O) groups excluding carboxylic acids is 1. The Kier molecular flexibility index (Phi) is 3.68. The van der Waals surface area contributed by atoms with E-state index in [4.69, 9.17) is 9.68 Å². The summed E-state index contributed by atoms with van der Waals surface area (Å²) in [7, 11) is 0. The lowest BCUT2D eigenvalue weighted by Crippen LogP contribution is -2.36. The van der Waals surface area contributed by atoms with Gasteiger partial charge in [-0.05, 0) is 12.1 Å². The maximum atomic E-state index is 12.6. The highest BCUT2D eigenvalue weighted by Crippen LogP contribution is 2.25. The van der Waals surface area contributed by atoms with Gasteiger partial charge in [-0.3, -0.25) is 4.79 Å². The molecule has 2 heterocycles. The van der Waals surface area contributed by atoms with Crippen molar-refractivity contribution in [3.05, 3.63) is 52.7 Å². The Morgan fingerprint density at radius 2 is 2.18 bits per heavy atom. The van der Waals surface area contributed by atoms with Gasteiger partial charge in [-0.15, -0.1) is 0 Å². The van der Waals surface area contributed by atoms with E-state index in [1.807, 2.05) is 13.8 Å². The number of nitriles is 1. The highest BCUT2D eigenvalue weighted by Gasteiger charge is 2.27. The molecule has 5 nitrogen and oxygen atoms in total. The number of rotatable bonds is 2. The third-order valence-corrected chi connectivity index (χ3v) is 3.80. The topological polar surface area (TPSA) is 70.1 Å². The first-order valence-electron chi connectivity index (χ1n) is 7.37. The fraction of sp³-hybridized carbons (Fsp3) is 0.353. The van der Waals surface area contributed by atoms with E-state index in [-0.39, 0.29) is 11.8 Å². The lowest BCUT2D eigenvalue weighted by Gasteiger charge is -2.25. The molecule has 1 aromatic carbocycles. The van der Waals surface area contributed by atoms with Gasteiger partial charge in [0.05, 0.1) is 23.7 Å². The monoisotopic (exact) mass is 295 g/mol. The van der Waals surface area contributed by atoms with Crippen LogP contribution in [0, 0.1) is 11.3 Å². The highest BCUT2D eigenvalue weighted by atomic mass is 16.4. The molecule has 3 rings (SSSR count). The third kappa shape index (κ3) is 2.48. The van der Waals surface area contributed by atoms with E-state index in [0.29, 0.717) is 30.6 Å². The fourth-order valence-electron chi connectivity index (χ4n) is 2.58. The Morgan fingerprint density at radius 1 is 1.41 bits per heavy atom. The highest BCUT2D eigenvalue weighted by molar-refractivity contribution is 5.96. The molecule has 1 aromatic heterocycles. The number of nitrogens with zero attached hydrogens (tertiary/aromatic N) is 3. The van der Waals surface area contributed by atoms with Crippen LogP contribution in [-0.4, -0.2) is 22.3 Å². The number of fused-ring (bicyclic) bond motifs is 1. The number of carbonyl (C=O) groups is 1. The smallest absolute Gasteiger partial charge is 0.255 e. The van der Waals surface area contributed by atoms with Crippen LogP contribution < -0.4 is 0 Å². The van der Waals surface area contributed by atoms with E-state index >= 15 is 0 Å². The molecule has 0 unspecified atom stereocenters. The number of oxazole rings is 1. The summed E-state index contributed by atoms with van der Waals surface area (Å²) in [6.45, 7) is 5.08. The van der Waals surface area contributed by atoms with Crippen LogP contribution >= 0.6 is 0 Å². The third-order valence-electron chi connectivity index (χ3n) is 3.80. The molecular weight excluding hydrogens is 278 g/mol. The van der Waals surface area contributed by atoms with Crippen LogP contribution in [0.2, 0.25) is 0 Å². The maximum absolute atomic E-state index is 12.6. The van der Waals surface area contributed by atoms with Gasteiger partial charge in [0.25, 0.3) is 5.91 Å². The molecule has 5 heteroatoms. The molecule has 0 aliphatic carbocycles. The van der Waals surface area contributed by atoms with Gasteiger partial charge >= 0.3 is 0 Å². The lowest BCUT2D eigenvalue weighted by molar-refractivity contribution is 0.0727. The maximum Gasteiger partial charge on any atom is 0.255 e. The Hall–Kier alpha value is -2.61. The van der Waals surface area contributed by atoms with Crippen molar-refractivity contribution in [3.63, 3.8) is 0 Å². The van der Waals surface area contributed by atoms with Crippen molar-refractivity contribution in [1.29, 1.82) is 5.26 Å². The summed E-state index contributed by atoms with van der Waals surface area (Å²) in [6.07, 6.45) is 0.662. The SMILES string of the molecule is CC(C)c1nc2c(o1)CCN(C(=O)c1ccccc1C#N)C2. The van der Waals surface area contributed by atoms with Crippen molar-refractivity contribution in [3.8, 4) is 6.07 Å². The molecule has 112 valence electrons. The Labute approximate surface area is 129 Å². The first-order chi connectivity index (χ1) is 10.6. The summed E-state index contributed by atoms with van der Waals surface area (Å²) in [5, 5.41) is 9.14. The van der Waals surface area contributed by atoms with E-state index in [1.165, 1.54) is 0 Å². The number of aromatic nitrogens is 1. The van der Waals surface area contributed by atoms with Gasteiger partial charge in [0.2, 0.25) is 0 Å². The molecule has 2 aromatic rings. The second-order valence-electron chi connectivity index (χ2n) is 5.71. The minimum Gasteiger partial charge on any atom is -0.445 e. The van der Waals surface area contributed by atoms with E-state index < -0.39 is 0 Å². The molecule has 22 heavy (non-hydrogen) atoms. The predicted molar refractivity (Wildman–Crippen MR) is 80.2 cm³/mol. The van der Waals surface area contributed by atoms with Crippen molar-refractivity contribution in [2.24, 2.45) is 0 Å².